The topological polar surface area (TPSA) is 161 Å². The summed E-state index contributed by atoms with van der Waals surface area (Å²) in [6.07, 6.45) is 6.10. The van der Waals surface area contributed by atoms with Crippen molar-refractivity contribution in [2.75, 3.05) is 20.3 Å². The molecule has 7 N–H and O–H groups in total. The Morgan fingerprint density at radius 2 is 1.90 bits per heavy atom. The standard InChI is InChI=1S/C33H41N3O6/c1-41-30-26-6-4-5-22-15-21(8-11-25(38)17-24(37)10-7-20(26)9-12-28(30)39)27-16-23(18-42-31(27)29(22)40)33(13-2-3-14-33)19-36-32(34)35/h9,12,15,23,25,38-40H,2-3,5,7-8,10-11,13-14,16-19H2,1H3,(H4,34,35,36). The molecule has 1 heterocycles. The highest BCUT2D eigenvalue weighted by Gasteiger charge is 2.44. The monoisotopic (exact) mass is 575 g/mol. The molecule has 0 spiro atoms. The van der Waals surface area contributed by atoms with Gasteiger partial charge in [-0.3, -0.25) is 9.79 Å². The lowest BCUT2D eigenvalue weighted by molar-refractivity contribution is -0.121. The minimum Gasteiger partial charge on any atom is -0.504 e. The van der Waals surface area contributed by atoms with E-state index >= 15 is 0 Å². The normalized spacial score (nSPS) is 21.8. The number of nitrogens with zero attached hydrogens (tertiary/aromatic N) is 1. The maximum atomic E-state index is 12.8. The first-order chi connectivity index (χ1) is 20.2. The second-order valence-electron chi connectivity index (χ2n) is 11.9. The Kier molecular flexibility index (Phi) is 8.83. The third-order valence-corrected chi connectivity index (χ3v) is 9.25. The van der Waals surface area contributed by atoms with Crippen LogP contribution in [0.15, 0.2) is 23.2 Å². The second kappa shape index (κ2) is 12.5. The fraction of sp³-hybridized carbons (Fsp3) is 0.515. The maximum Gasteiger partial charge on any atom is 0.185 e. The molecule has 1 aliphatic heterocycles. The SMILES string of the molecule is COc1c(O)ccc2c1C#CCc1cc(c3c(c1O)OCC(C1(CN=C(N)N)CCCC1)C3)CCC(O)CC(=O)CC2. The lowest BCUT2D eigenvalue weighted by Gasteiger charge is -2.40. The molecule has 2 aromatic carbocycles. The zero-order valence-corrected chi connectivity index (χ0v) is 24.2. The summed E-state index contributed by atoms with van der Waals surface area (Å²) in [5.41, 5.74) is 15.2. The van der Waals surface area contributed by atoms with Gasteiger partial charge in [0.15, 0.2) is 29.0 Å². The van der Waals surface area contributed by atoms with Crippen LogP contribution in [0.5, 0.6) is 23.0 Å². The zero-order valence-electron chi connectivity index (χ0n) is 24.2. The third kappa shape index (κ3) is 6.14. The smallest absolute Gasteiger partial charge is 0.185 e. The summed E-state index contributed by atoms with van der Waals surface area (Å²) in [7, 11) is 1.47. The van der Waals surface area contributed by atoms with E-state index in [2.05, 4.69) is 16.8 Å². The van der Waals surface area contributed by atoms with Gasteiger partial charge in [-0.15, -0.1) is 0 Å². The van der Waals surface area contributed by atoms with Crippen LogP contribution in [0.1, 0.15) is 72.8 Å². The zero-order chi connectivity index (χ0) is 29.9. The summed E-state index contributed by atoms with van der Waals surface area (Å²) in [5.74, 6) is 7.27. The number of fused-ring (bicyclic) bond motifs is 5. The number of aliphatic imine (C=N–C) groups is 1. The molecule has 0 amide bonds. The molecule has 2 aromatic rings. The number of benzene rings is 2. The first-order valence-electron chi connectivity index (χ1n) is 14.8. The van der Waals surface area contributed by atoms with Gasteiger partial charge in [0.2, 0.25) is 0 Å². The van der Waals surface area contributed by atoms with Crippen LogP contribution in [0, 0.1) is 23.2 Å². The number of ketones is 1. The number of carbonyl (C=O) groups is 1. The molecule has 9 heteroatoms. The molecule has 9 nitrogen and oxygen atoms in total. The van der Waals surface area contributed by atoms with Crippen LogP contribution in [0.4, 0.5) is 0 Å². The van der Waals surface area contributed by atoms with Crippen molar-refractivity contribution >= 4 is 11.7 Å². The van der Waals surface area contributed by atoms with Gasteiger partial charge >= 0.3 is 0 Å². The van der Waals surface area contributed by atoms with Crippen LogP contribution in [-0.2, 0) is 30.5 Å². The highest BCUT2D eigenvalue weighted by atomic mass is 16.5. The first kappa shape index (κ1) is 29.6. The number of phenols is 2. The number of methoxy groups -OCH3 is 1. The summed E-state index contributed by atoms with van der Waals surface area (Å²) >= 11 is 0. The number of Topliss-reactive ketones (excluding diaryl/α,β-unsaturated/α-hetero) is 1. The van der Waals surface area contributed by atoms with Gasteiger partial charge in [-0.1, -0.05) is 36.8 Å². The molecule has 0 saturated heterocycles. The summed E-state index contributed by atoms with van der Waals surface area (Å²) < 4.78 is 11.8. The van der Waals surface area contributed by atoms with E-state index in [9.17, 15) is 20.1 Å². The Bertz CT molecular complexity index is 1430. The van der Waals surface area contributed by atoms with Gasteiger partial charge in [-0.2, -0.15) is 0 Å². The van der Waals surface area contributed by atoms with Gasteiger partial charge in [0.25, 0.3) is 0 Å². The van der Waals surface area contributed by atoms with Crippen molar-refractivity contribution in [1.82, 2.24) is 0 Å². The molecule has 5 rings (SSSR count). The Balaban J connectivity index is 1.53. The van der Waals surface area contributed by atoms with Crippen LogP contribution in [0.25, 0.3) is 0 Å². The maximum absolute atomic E-state index is 12.8. The van der Waals surface area contributed by atoms with Crippen LogP contribution in [-0.4, -0.2) is 53.4 Å². The summed E-state index contributed by atoms with van der Waals surface area (Å²) in [6, 6.07) is 5.24. The lowest BCUT2D eigenvalue weighted by Crippen LogP contribution is -2.40. The number of guanidine groups is 1. The van der Waals surface area contributed by atoms with E-state index in [4.69, 9.17) is 20.9 Å². The number of hydrogen-bond acceptors (Lipinski definition) is 7. The Hall–Kier alpha value is -3.90. The fourth-order valence-electron chi connectivity index (χ4n) is 6.90. The van der Waals surface area contributed by atoms with Gasteiger partial charge in [0.1, 0.15) is 5.78 Å². The van der Waals surface area contributed by atoms with Crippen molar-refractivity contribution in [3.05, 3.63) is 46.0 Å². The average Bonchev–Trinajstić information content (AvgIpc) is 3.46. The lowest BCUT2D eigenvalue weighted by atomic mass is 9.70. The Morgan fingerprint density at radius 3 is 2.64 bits per heavy atom. The number of aliphatic hydroxyl groups excluding tert-OH is 1. The molecule has 0 radical (unpaired) electrons. The average molecular weight is 576 g/mol. The third-order valence-electron chi connectivity index (χ3n) is 9.25. The molecule has 1 saturated carbocycles. The van der Waals surface area contributed by atoms with Crippen molar-refractivity contribution in [2.24, 2.45) is 27.8 Å². The molecule has 224 valence electrons. The van der Waals surface area contributed by atoms with Gasteiger partial charge in [0, 0.05) is 42.9 Å². The number of carbonyl (C=O) groups excluding carboxylic acids is 1. The number of nitrogens with two attached hydrogens (primary N) is 2. The summed E-state index contributed by atoms with van der Waals surface area (Å²) in [5, 5.41) is 32.5. The minimum absolute atomic E-state index is 0.0352. The quantitative estimate of drug-likeness (QED) is 0.211. The van der Waals surface area contributed by atoms with Crippen LogP contribution >= 0.6 is 0 Å². The molecular formula is C33H41N3O6. The molecule has 1 fully saturated rings. The number of ether oxygens (including phenoxy) is 2. The fourth-order valence-corrected chi connectivity index (χ4v) is 6.90. The van der Waals surface area contributed by atoms with Gasteiger partial charge in [-0.05, 0) is 61.1 Å². The largest absolute Gasteiger partial charge is 0.504 e. The number of phenolic OH excluding ortho intramolecular Hbond substituents is 2. The molecule has 2 unspecified atom stereocenters. The van der Waals surface area contributed by atoms with E-state index in [0.717, 1.165) is 42.4 Å². The molecule has 2 bridgehead atoms. The number of rotatable bonds is 4. The van der Waals surface area contributed by atoms with E-state index in [0.29, 0.717) is 55.7 Å². The van der Waals surface area contributed by atoms with Crippen LogP contribution in [0.3, 0.4) is 0 Å². The van der Waals surface area contributed by atoms with Gasteiger partial charge in [-0.25, -0.2) is 0 Å². The van der Waals surface area contributed by atoms with E-state index in [1.54, 1.807) is 6.07 Å². The molecule has 42 heavy (non-hydrogen) atoms. The second-order valence-corrected chi connectivity index (χ2v) is 11.9. The molecule has 0 aromatic heterocycles. The molecule has 2 aliphatic carbocycles. The molecular weight excluding hydrogens is 534 g/mol. The number of hydrogen-bond donors (Lipinski definition) is 5. The van der Waals surface area contributed by atoms with Gasteiger partial charge < -0.3 is 36.3 Å². The number of aryl methyl sites for hydroxylation is 2. The summed E-state index contributed by atoms with van der Waals surface area (Å²) in [4.78, 5) is 17.2. The number of aromatic hydroxyl groups is 2. The van der Waals surface area contributed by atoms with Crippen LogP contribution in [0.2, 0.25) is 0 Å². The predicted octanol–water partition coefficient (Wildman–Crippen LogP) is 3.28. The van der Waals surface area contributed by atoms with E-state index in [-0.39, 0.29) is 59.6 Å². The Labute approximate surface area is 246 Å². The highest BCUT2D eigenvalue weighted by Crippen LogP contribution is 2.51. The van der Waals surface area contributed by atoms with Crippen molar-refractivity contribution in [1.29, 1.82) is 0 Å². The van der Waals surface area contributed by atoms with Gasteiger partial charge in [0.05, 0.1) is 25.4 Å². The van der Waals surface area contributed by atoms with E-state index in [1.807, 2.05) is 6.07 Å². The number of aliphatic hydroxyl groups is 1. The molecule has 3 aliphatic rings. The van der Waals surface area contributed by atoms with E-state index in [1.165, 1.54) is 13.2 Å². The van der Waals surface area contributed by atoms with Crippen LogP contribution < -0.4 is 20.9 Å². The molecule has 2 atom stereocenters. The first-order valence-corrected chi connectivity index (χ1v) is 14.8. The van der Waals surface area contributed by atoms with E-state index < -0.39 is 6.10 Å². The van der Waals surface area contributed by atoms with Crippen molar-refractivity contribution < 1.29 is 29.6 Å². The summed E-state index contributed by atoms with van der Waals surface area (Å²) in [6.45, 7) is 1.01. The minimum atomic E-state index is -0.788. The highest BCUT2D eigenvalue weighted by molar-refractivity contribution is 5.79. The van der Waals surface area contributed by atoms with Crippen molar-refractivity contribution in [3.8, 4) is 34.8 Å². The Morgan fingerprint density at radius 1 is 1.12 bits per heavy atom. The van der Waals surface area contributed by atoms with Crippen molar-refractivity contribution in [3.63, 3.8) is 0 Å². The van der Waals surface area contributed by atoms with Crippen molar-refractivity contribution in [2.45, 2.75) is 76.7 Å². The predicted molar refractivity (Wildman–Crippen MR) is 160 cm³/mol.